The van der Waals surface area contributed by atoms with Crippen molar-refractivity contribution < 1.29 is 9.53 Å². The Hall–Kier alpha value is -1.26. The molecule has 0 saturated carbocycles. The van der Waals surface area contributed by atoms with Gasteiger partial charge in [0.2, 0.25) is 0 Å². The summed E-state index contributed by atoms with van der Waals surface area (Å²) >= 11 is 0. The molecule has 0 aliphatic rings. The Morgan fingerprint density at radius 3 is 2.36 bits per heavy atom. The maximum atomic E-state index is 10.6. The number of methoxy groups -OCH3 is 1. The largest absolute Gasteiger partial charge is 0.453 e. The number of amides is 1. The van der Waals surface area contributed by atoms with Gasteiger partial charge in [-0.05, 0) is 13.8 Å². The van der Waals surface area contributed by atoms with Gasteiger partial charge in [-0.15, -0.1) is 0 Å². The molecule has 0 aliphatic heterocycles. The van der Waals surface area contributed by atoms with Gasteiger partial charge in [-0.25, -0.2) is 4.79 Å². The first-order valence-corrected chi connectivity index (χ1v) is 3.11. The van der Waals surface area contributed by atoms with Crippen molar-refractivity contribution in [2.24, 2.45) is 5.73 Å². The second kappa shape index (κ2) is 3.23. The zero-order valence-corrected chi connectivity index (χ0v) is 6.89. The van der Waals surface area contributed by atoms with Crippen LogP contribution in [0.2, 0.25) is 0 Å². The average molecular weight is 159 g/mol. The molecule has 0 spiro atoms. The molecule has 0 radical (unpaired) electrons. The van der Waals surface area contributed by atoms with Crippen LogP contribution in [0.25, 0.3) is 0 Å². The Bertz CT molecular complexity index is 177. The number of ether oxygens (including phenoxy) is 1. The van der Waals surface area contributed by atoms with Crippen LogP contribution in [0.1, 0.15) is 13.8 Å². The Labute approximate surface area is 65.4 Å². The van der Waals surface area contributed by atoms with Crippen LogP contribution in [-0.4, -0.2) is 24.6 Å². The fourth-order valence-electron chi connectivity index (χ4n) is 0.374. The van der Waals surface area contributed by atoms with Crippen LogP contribution >= 0.6 is 0 Å². The number of rotatable bonds is 2. The number of hydrogen-bond acceptors (Lipinski definition) is 3. The number of amidine groups is 1. The van der Waals surface area contributed by atoms with Gasteiger partial charge in [0.05, 0.1) is 12.6 Å². The van der Waals surface area contributed by atoms with Gasteiger partial charge in [0.1, 0.15) is 5.84 Å². The number of carbonyl (C=O) groups is 1. The van der Waals surface area contributed by atoms with Crippen LogP contribution in [0.3, 0.4) is 0 Å². The lowest BCUT2D eigenvalue weighted by Crippen LogP contribution is -2.52. The summed E-state index contributed by atoms with van der Waals surface area (Å²) in [5, 5.41) is 9.47. The van der Waals surface area contributed by atoms with Crippen molar-refractivity contribution in [3.05, 3.63) is 0 Å². The third-order valence-electron chi connectivity index (χ3n) is 1.27. The highest BCUT2D eigenvalue weighted by molar-refractivity contribution is 5.89. The highest BCUT2D eigenvalue weighted by atomic mass is 16.5. The van der Waals surface area contributed by atoms with Gasteiger partial charge in [-0.3, -0.25) is 5.41 Å². The van der Waals surface area contributed by atoms with Crippen LogP contribution in [0, 0.1) is 5.41 Å². The van der Waals surface area contributed by atoms with Crippen molar-refractivity contribution in [3.63, 3.8) is 0 Å². The summed E-state index contributed by atoms with van der Waals surface area (Å²) < 4.78 is 4.33. The molecule has 5 heteroatoms. The quantitative estimate of drug-likeness (QED) is 0.393. The van der Waals surface area contributed by atoms with E-state index in [1.165, 1.54) is 7.11 Å². The van der Waals surface area contributed by atoms with Gasteiger partial charge in [-0.2, -0.15) is 0 Å². The first-order valence-electron chi connectivity index (χ1n) is 3.11. The van der Waals surface area contributed by atoms with Crippen molar-refractivity contribution in [1.29, 1.82) is 5.41 Å². The Balaban J connectivity index is 4.12. The molecule has 0 bridgehead atoms. The highest BCUT2D eigenvalue weighted by Crippen LogP contribution is 2.00. The molecule has 11 heavy (non-hydrogen) atoms. The number of alkyl carbamates (subject to hydrolysis) is 1. The van der Waals surface area contributed by atoms with E-state index in [0.717, 1.165) is 0 Å². The molecule has 5 nitrogen and oxygen atoms in total. The maximum absolute atomic E-state index is 10.6. The molecule has 0 heterocycles. The van der Waals surface area contributed by atoms with Crippen molar-refractivity contribution in [1.82, 2.24) is 5.32 Å². The van der Waals surface area contributed by atoms with Gasteiger partial charge >= 0.3 is 6.09 Å². The molecule has 0 atom stereocenters. The molecular formula is C6H13N3O2. The number of nitrogens with two attached hydrogens (primary N) is 1. The van der Waals surface area contributed by atoms with E-state index in [2.05, 4.69) is 10.1 Å². The van der Waals surface area contributed by atoms with Gasteiger partial charge in [0.15, 0.2) is 0 Å². The monoisotopic (exact) mass is 159 g/mol. The third-order valence-corrected chi connectivity index (χ3v) is 1.27. The van der Waals surface area contributed by atoms with E-state index >= 15 is 0 Å². The minimum absolute atomic E-state index is 0.108. The summed E-state index contributed by atoms with van der Waals surface area (Å²) in [4.78, 5) is 10.6. The summed E-state index contributed by atoms with van der Waals surface area (Å²) in [6.07, 6.45) is -0.592. The number of nitrogens with one attached hydrogen (secondary N) is 2. The van der Waals surface area contributed by atoms with Gasteiger partial charge in [-0.1, -0.05) is 0 Å². The molecule has 0 rings (SSSR count). The zero-order valence-electron chi connectivity index (χ0n) is 6.89. The fraction of sp³-hybridized carbons (Fsp3) is 0.667. The second-order valence-electron chi connectivity index (χ2n) is 2.66. The van der Waals surface area contributed by atoms with Crippen molar-refractivity contribution in [3.8, 4) is 0 Å². The van der Waals surface area contributed by atoms with E-state index in [4.69, 9.17) is 11.1 Å². The molecule has 0 saturated heterocycles. The minimum atomic E-state index is -0.840. The summed E-state index contributed by atoms with van der Waals surface area (Å²) in [6.45, 7) is 3.23. The van der Waals surface area contributed by atoms with E-state index in [-0.39, 0.29) is 5.84 Å². The minimum Gasteiger partial charge on any atom is -0.453 e. The summed E-state index contributed by atoms with van der Waals surface area (Å²) in [5.41, 5.74) is 4.35. The van der Waals surface area contributed by atoms with Crippen molar-refractivity contribution in [2.45, 2.75) is 19.4 Å². The second-order valence-corrected chi connectivity index (χ2v) is 2.66. The number of carbonyl (C=O) groups excluding carboxylic acids is 1. The highest BCUT2D eigenvalue weighted by Gasteiger charge is 2.23. The summed E-state index contributed by atoms with van der Waals surface area (Å²) in [5.74, 6) is -0.108. The molecule has 0 aromatic heterocycles. The predicted octanol–water partition coefficient (Wildman–Crippen LogP) is 0.0570. The van der Waals surface area contributed by atoms with Crippen molar-refractivity contribution >= 4 is 11.9 Å². The van der Waals surface area contributed by atoms with Crippen LogP contribution in [0.4, 0.5) is 4.79 Å². The normalized spacial score (nSPS) is 10.5. The number of hydrogen-bond donors (Lipinski definition) is 3. The van der Waals surface area contributed by atoms with Crippen LogP contribution in [0.5, 0.6) is 0 Å². The molecule has 0 unspecified atom stereocenters. The van der Waals surface area contributed by atoms with Crippen LogP contribution < -0.4 is 11.1 Å². The van der Waals surface area contributed by atoms with Crippen LogP contribution in [-0.2, 0) is 4.74 Å². The lowest BCUT2D eigenvalue weighted by Gasteiger charge is -2.23. The average Bonchev–Trinajstić information content (AvgIpc) is 1.86. The summed E-state index contributed by atoms with van der Waals surface area (Å²) in [7, 11) is 1.26. The molecule has 1 amide bonds. The lowest BCUT2D eigenvalue weighted by atomic mass is 10.1. The van der Waals surface area contributed by atoms with E-state index in [0.29, 0.717) is 0 Å². The van der Waals surface area contributed by atoms with E-state index in [1.807, 2.05) is 0 Å². The fourth-order valence-corrected chi connectivity index (χ4v) is 0.374. The Morgan fingerprint density at radius 1 is 1.64 bits per heavy atom. The van der Waals surface area contributed by atoms with Gasteiger partial charge in [0.25, 0.3) is 0 Å². The molecule has 0 aromatic rings. The smallest absolute Gasteiger partial charge is 0.407 e. The Morgan fingerprint density at radius 2 is 2.09 bits per heavy atom. The van der Waals surface area contributed by atoms with Gasteiger partial charge in [0, 0.05) is 0 Å². The molecular weight excluding hydrogens is 146 g/mol. The Kier molecular flexibility index (Phi) is 2.86. The van der Waals surface area contributed by atoms with Gasteiger partial charge < -0.3 is 15.8 Å². The zero-order chi connectivity index (χ0) is 9.07. The predicted molar refractivity (Wildman–Crippen MR) is 41.5 cm³/mol. The summed E-state index contributed by atoms with van der Waals surface area (Å²) in [6, 6.07) is 0. The van der Waals surface area contributed by atoms with E-state index < -0.39 is 11.6 Å². The first-order chi connectivity index (χ1) is 4.90. The molecule has 0 aromatic carbocycles. The topological polar surface area (TPSA) is 88.2 Å². The van der Waals surface area contributed by atoms with E-state index in [9.17, 15) is 4.79 Å². The maximum Gasteiger partial charge on any atom is 0.407 e. The molecule has 0 fully saturated rings. The molecule has 4 N–H and O–H groups in total. The molecule has 64 valence electrons. The third kappa shape index (κ3) is 2.88. The SMILES string of the molecule is COC(=O)NC(C)(C)C(=N)N. The van der Waals surface area contributed by atoms with Crippen LogP contribution in [0.15, 0.2) is 0 Å². The van der Waals surface area contributed by atoms with E-state index in [1.54, 1.807) is 13.8 Å². The molecule has 0 aliphatic carbocycles. The van der Waals surface area contributed by atoms with Crippen molar-refractivity contribution in [2.75, 3.05) is 7.11 Å². The lowest BCUT2D eigenvalue weighted by molar-refractivity contribution is 0.165. The standard InChI is InChI=1S/C6H13N3O2/c1-6(2,4(7)8)9-5(10)11-3/h1-3H3,(H3,7,8)(H,9,10). The first kappa shape index (κ1) is 9.74.